The maximum absolute atomic E-state index is 12.4. The van der Waals surface area contributed by atoms with Crippen molar-refractivity contribution in [3.05, 3.63) is 71.4 Å². The van der Waals surface area contributed by atoms with Gasteiger partial charge in [-0.2, -0.15) is 0 Å². The Kier molecular flexibility index (Phi) is 4.42. The number of carbonyl (C=O) groups is 1. The van der Waals surface area contributed by atoms with Gasteiger partial charge < -0.3 is 10.7 Å². The van der Waals surface area contributed by atoms with Crippen LogP contribution in [0.2, 0.25) is 0 Å². The minimum absolute atomic E-state index is 0.0350. The van der Waals surface area contributed by atoms with Gasteiger partial charge in [-0.15, -0.1) is 0 Å². The molecule has 132 valence electrons. The van der Waals surface area contributed by atoms with Crippen LogP contribution in [0.15, 0.2) is 59.7 Å². The van der Waals surface area contributed by atoms with E-state index in [0.717, 1.165) is 27.7 Å². The average molecular weight is 364 g/mol. The number of hydrogen-bond donors (Lipinski definition) is 2. The molecule has 0 spiro atoms. The SMILES string of the molecule is Cc1ccc(NC(=O)CSC2=Nc3ccccc3[C@H]3C=CNN23)c(C)c1. The van der Waals surface area contributed by atoms with E-state index in [1.807, 2.05) is 55.4 Å². The largest absolute Gasteiger partial charge is 0.325 e. The number of rotatable bonds is 3. The zero-order valence-corrected chi connectivity index (χ0v) is 15.5. The first-order chi connectivity index (χ1) is 12.6. The number of para-hydroxylation sites is 1. The van der Waals surface area contributed by atoms with Crippen molar-refractivity contribution >= 4 is 34.2 Å². The van der Waals surface area contributed by atoms with Crippen LogP contribution in [0, 0.1) is 13.8 Å². The lowest BCUT2D eigenvalue weighted by molar-refractivity contribution is -0.113. The van der Waals surface area contributed by atoms with Crippen LogP contribution in [0.3, 0.4) is 0 Å². The number of aliphatic imine (C=N–C) groups is 1. The summed E-state index contributed by atoms with van der Waals surface area (Å²) in [5.74, 6) is 0.270. The van der Waals surface area contributed by atoms with Crippen LogP contribution in [0.25, 0.3) is 0 Å². The standard InChI is InChI=1S/C20H20N4OS/c1-13-7-8-16(14(2)11-13)22-19(25)12-26-20-23-17-6-4-3-5-15(17)18-9-10-21-24(18)20/h3-11,18,21H,12H2,1-2H3,(H,22,25)/t18-/m1/s1. The predicted molar refractivity (Wildman–Crippen MR) is 107 cm³/mol. The second-order valence-corrected chi connectivity index (χ2v) is 7.35. The van der Waals surface area contributed by atoms with E-state index in [4.69, 9.17) is 4.99 Å². The van der Waals surface area contributed by atoms with E-state index in [-0.39, 0.29) is 11.9 Å². The molecule has 2 N–H and O–H groups in total. The fraction of sp³-hybridized carbons (Fsp3) is 0.200. The molecule has 4 rings (SSSR count). The molecule has 0 saturated carbocycles. The van der Waals surface area contributed by atoms with Gasteiger partial charge in [0.15, 0.2) is 5.17 Å². The molecule has 6 heteroatoms. The third-order valence-electron chi connectivity index (χ3n) is 4.44. The Morgan fingerprint density at radius 3 is 2.96 bits per heavy atom. The Bertz CT molecular complexity index is 922. The Labute approximate surface area is 157 Å². The first kappa shape index (κ1) is 16.7. The van der Waals surface area contributed by atoms with Gasteiger partial charge in [0.25, 0.3) is 0 Å². The van der Waals surface area contributed by atoms with Gasteiger partial charge in [-0.25, -0.2) is 4.99 Å². The van der Waals surface area contributed by atoms with E-state index >= 15 is 0 Å². The van der Waals surface area contributed by atoms with E-state index in [1.165, 1.54) is 17.3 Å². The van der Waals surface area contributed by atoms with E-state index in [1.54, 1.807) is 0 Å². The average Bonchev–Trinajstić information content (AvgIpc) is 3.12. The van der Waals surface area contributed by atoms with Gasteiger partial charge in [0.1, 0.15) is 0 Å². The number of nitrogens with zero attached hydrogens (tertiary/aromatic N) is 2. The van der Waals surface area contributed by atoms with E-state index < -0.39 is 0 Å². The molecule has 0 aromatic heterocycles. The normalized spacial score (nSPS) is 17.2. The zero-order valence-electron chi connectivity index (χ0n) is 14.7. The highest BCUT2D eigenvalue weighted by Crippen LogP contribution is 2.38. The Hall–Kier alpha value is -2.73. The molecule has 2 aromatic carbocycles. The fourth-order valence-corrected chi connectivity index (χ4v) is 3.97. The molecule has 0 saturated heterocycles. The van der Waals surface area contributed by atoms with Crippen molar-refractivity contribution < 1.29 is 4.79 Å². The number of nitrogens with one attached hydrogen (secondary N) is 2. The van der Waals surface area contributed by atoms with Crippen LogP contribution in [-0.4, -0.2) is 21.8 Å². The molecular weight excluding hydrogens is 344 g/mol. The maximum Gasteiger partial charge on any atom is 0.234 e. The molecule has 1 atom stereocenters. The van der Waals surface area contributed by atoms with Gasteiger partial charge in [-0.1, -0.05) is 47.7 Å². The highest BCUT2D eigenvalue weighted by molar-refractivity contribution is 8.14. The third kappa shape index (κ3) is 3.20. The summed E-state index contributed by atoms with van der Waals surface area (Å²) in [7, 11) is 0. The number of amidine groups is 1. The van der Waals surface area contributed by atoms with Crippen LogP contribution >= 0.6 is 11.8 Å². The van der Waals surface area contributed by atoms with Crippen molar-refractivity contribution in [2.75, 3.05) is 11.1 Å². The second-order valence-electron chi connectivity index (χ2n) is 6.41. The summed E-state index contributed by atoms with van der Waals surface area (Å²) < 4.78 is 0. The summed E-state index contributed by atoms with van der Waals surface area (Å²) in [4.78, 5) is 17.1. The van der Waals surface area contributed by atoms with Gasteiger partial charge in [0.05, 0.1) is 17.5 Å². The molecular formula is C20H20N4OS. The molecule has 0 fully saturated rings. The number of thioether (sulfide) groups is 1. The van der Waals surface area contributed by atoms with Crippen LogP contribution in [0.1, 0.15) is 22.7 Å². The fourth-order valence-electron chi connectivity index (χ4n) is 3.17. The smallest absolute Gasteiger partial charge is 0.234 e. The third-order valence-corrected chi connectivity index (χ3v) is 5.39. The molecule has 2 aromatic rings. The molecule has 2 aliphatic rings. The van der Waals surface area contributed by atoms with Crippen molar-refractivity contribution in [1.82, 2.24) is 10.4 Å². The maximum atomic E-state index is 12.4. The summed E-state index contributed by atoms with van der Waals surface area (Å²) in [5.41, 5.74) is 8.44. The first-order valence-electron chi connectivity index (χ1n) is 8.51. The lowest BCUT2D eigenvalue weighted by Crippen LogP contribution is -2.39. The highest BCUT2D eigenvalue weighted by atomic mass is 32.2. The Morgan fingerprint density at radius 1 is 1.27 bits per heavy atom. The first-order valence-corrected chi connectivity index (χ1v) is 9.50. The lowest BCUT2D eigenvalue weighted by Gasteiger charge is -2.31. The van der Waals surface area contributed by atoms with Crippen LogP contribution in [-0.2, 0) is 4.79 Å². The number of hydrogen-bond acceptors (Lipinski definition) is 5. The number of hydrazine groups is 1. The number of fused-ring (bicyclic) bond motifs is 3. The van der Waals surface area contributed by atoms with E-state index in [0.29, 0.717) is 5.75 Å². The number of anilines is 1. The van der Waals surface area contributed by atoms with E-state index in [2.05, 4.69) is 29.0 Å². The predicted octanol–water partition coefficient (Wildman–Crippen LogP) is 4.05. The lowest BCUT2D eigenvalue weighted by atomic mass is 10.0. The summed E-state index contributed by atoms with van der Waals surface area (Å²) in [5, 5.41) is 5.78. The molecule has 2 heterocycles. The number of carbonyl (C=O) groups excluding carboxylic acids is 1. The van der Waals surface area contributed by atoms with Crippen LogP contribution in [0.5, 0.6) is 0 Å². The minimum Gasteiger partial charge on any atom is -0.325 e. The summed E-state index contributed by atoms with van der Waals surface area (Å²) in [6, 6.07) is 14.2. The number of aryl methyl sites for hydroxylation is 2. The van der Waals surface area contributed by atoms with Gasteiger partial charge in [-0.05, 0) is 37.6 Å². The van der Waals surface area contributed by atoms with Crippen molar-refractivity contribution in [2.24, 2.45) is 4.99 Å². The molecule has 0 radical (unpaired) electrons. The van der Waals surface area contributed by atoms with Gasteiger partial charge in [0, 0.05) is 17.5 Å². The topological polar surface area (TPSA) is 56.7 Å². The van der Waals surface area contributed by atoms with Gasteiger partial charge in [-0.3, -0.25) is 9.80 Å². The molecule has 1 amide bonds. The van der Waals surface area contributed by atoms with Crippen LogP contribution < -0.4 is 10.7 Å². The number of benzene rings is 2. The monoisotopic (exact) mass is 364 g/mol. The van der Waals surface area contributed by atoms with Crippen molar-refractivity contribution in [1.29, 1.82) is 0 Å². The van der Waals surface area contributed by atoms with Crippen molar-refractivity contribution in [2.45, 2.75) is 19.9 Å². The second kappa shape index (κ2) is 6.88. The molecule has 0 aliphatic carbocycles. The van der Waals surface area contributed by atoms with Crippen molar-refractivity contribution in [3.63, 3.8) is 0 Å². The summed E-state index contributed by atoms with van der Waals surface area (Å²) >= 11 is 1.44. The van der Waals surface area contributed by atoms with Crippen LogP contribution in [0.4, 0.5) is 11.4 Å². The zero-order chi connectivity index (χ0) is 18.1. The van der Waals surface area contributed by atoms with E-state index in [9.17, 15) is 4.79 Å². The summed E-state index contributed by atoms with van der Waals surface area (Å²) in [6.07, 6.45) is 4.02. The van der Waals surface area contributed by atoms with Gasteiger partial charge >= 0.3 is 0 Å². The number of amides is 1. The molecule has 0 bridgehead atoms. The van der Waals surface area contributed by atoms with Gasteiger partial charge in [0.2, 0.25) is 5.91 Å². The molecule has 0 unspecified atom stereocenters. The van der Waals surface area contributed by atoms with Crippen molar-refractivity contribution in [3.8, 4) is 0 Å². The highest BCUT2D eigenvalue weighted by Gasteiger charge is 2.31. The molecule has 26 heavy (non-hydrogen) atoms. The Morgan fingerprint density at radius 2 is 2.12 bits per heavy atom. The molecule has 5 nitrogen and oxygen atoms in total. The summed E-state index contributed by atoms with van der Waals surface area (Å²) in [6.45, 7) is 4.04. The Balaban J connectivity index is 1.46. The minimum atomic E-state index is -0.0350. The molecule has 2 aliphatic heterocycles. The quantitative estimate of drug-likeness (QED) is 0.863.